The maximum atomic E-state index is 5.88. The summed E-state index contributed by atoms with van der Waals surface area (Å²) in [6, 6.07) is 13.8. The Morgan fingerprint density at radius 2 is 1.88 bits per heavy atom. The van der Waals surface area contributed by atoms with Gasteiger partial charge >= 0.3 is 0 Å². The SMILES string of the molecule is NCc1cc(Br)ccc1Oc1ccccc1I. The van der Waals surface area contributed by atoms with Crippen molar-refractivity contribution in [3.8, 4) is 11.5 Å². The summed E-state index contributed by atoms with van der Waals surface area (Å²) in [4.78, 5) is 0. The van der Waals surface area contributed by atoms with E-state index in [4.69, 9.17) is 10.5 Å². The topological polar surface area (TPSA) is 35.2 Å². The Hall–Kier alpha value is -0.590. The Morgan fingerprint density at radius 1 is 1.12 bits per heavy atom. The molecule has 2 aromatic rings. The summed E-state index contributed by atoms with van der Waals surface area (Å²) in [5, 5.41) is 0. The summed E-state index contributed by atoms with van der Waals surface area (Å²) in [5.74, 6) is 1.66. The van der Waals surface area contributed by atoms with Crippen LogP contribution in [0.3, 0.4) is 0 Å². The molecule has 0 heterocycles. The Balaban J connectivity index is 2.33. The maximum Gasteiger partial charge on any atom is 0.140 e. The molecule has 17 heavy (non-hydrogen) atoms. The number of ether oxygens (including phenoxy) is 1. The fourth-order valence-electron chi connectivity index (χ4n) is 1.45. The summed E-state index contributed by atoms with van der Waals surface area (Å²) in [6.07, 6.45) is 0. The van der Waals surface area contributed by atoms with Crippen LogP contribution < -0.4 is 10.5 Å². The lowest BCUT2D eigenvalue weighted by molar-refractivity contribution is 0.473. The molecule has 0 saturated heterocycles. The Kier molecular flexibility index (Phi) is 4.42. The first-order valence-electron chi connectivity index (χ1n) is 5.11. The summed E-state index contributed by atoms with van der Waals surface area (Å²) < 4.78 is 7.96. The van der Waals surface area contributed by atoms with E-state index in [-0.39, 0.29) is 0 Å². The van der Waals surface area contributed by atoms with Crippen LogP contribution in [0.4, 0.5) is 0 Å². The second kappa shape index (κ2) is 5.84. The fourth-order valence-corrected chi connectivity index (χ4v) is 2.36. The molecule has 2 aromatic carbocycles. The van der Waals surface area contributed by atoms with Gasteiger partial charge in [0.25, 0.3) is 0 Å². The zero-order chi connectivity index (χ0) is 12.3. The van der Waals surface area contributed by atoms with E-state index in [0.29, 0.717) is 6.54 Å². The zero-order valence-electron chi connectivity index (χ0n) is 8.99. The van der Waals surface area contributed by atoms with Gasteiger partial charge < -0.3 is 10.5 Å². The molecule has 88 valence electrons. The van der Waals surface area contributed by atoms with Crippen LogP contribution in [0, 0.1) is 3.57 Å². The number of para-hydroxylation sites is 1. The molecule has 2 nitrogen and oxygen atoms in total. The second-order valence-corrected chi connectivity index (χ2v) is 5.57. The summed E-state index contributed by atoms with van der Waals surface area (Å²) in [6.45, 7) is 0.457. The van der Waals surface area contributed by atoms with Gasteiger partial charge in [-0.25, -0.2) is 0 Å². The number of benzene rings is 2. The van der Waals surface area contributed by atoms with Gasteiger partial charge in [0.15, 0.2) is 0 Å². The molecule has 2 rings (SSSR count). The van der Waals surface area contributed by atoms with E-state index in [1.807, 2.05) is 42.5 Å². The van der Waals surface area contributed by atoms with Crippen LogP contribution in [0.2, 0.25) is 0 Å². The van der Waals surface area contributed by atoms with E-state index in [0.717, 1.165) is 25.1 Å². The lowest BCUT2D eigenvalue weighted by Crippen LogP contribution is -1.99. The van der Waals surface area contributed by atoms with Gasteiger partial charge in [-0.1, -0.05) is 28.1 Å². The number of hydrogen-bond donors (Lipinski definition) is 1. The molecule has 0 atom stereocenters. The quantitative estimate of drug-likeness (QED) is 0.775. The van der Waals surface area contributed by atoms with Crippen molar-refractivity contribution in [3.63, 3.8) is 0 Å². The zero-order valence-corrected chi connectivity index (χ0v) is 12.7. The van der Waals surface area contributed by atoms with Crippen molar-refractivity contribution in [3.05, 3.63) is 56.1 Å². The van der Waals surface area contributed by atoms with Crippen LogP contribution >= 0.6 is 38.5 Å². The average molecular weight is 404 g/mol. The van der Waals surface area contributed by atoms with Gasteiger partial charge in [0.2, 0.25) is 0 Å². The Labute approximate surface area is 122 Å². The average Bonchev–Trinajstić information content (AvgIpc) is 2.34. The van der Waals surface area contributed by atoms with Gasteiger partial charge in [0.1, 0.15) is 11.5 Å². The minimum atomic E-state index is 0.457. The molecular weight excluding hydrogens is 393 g/mol. The van der Waals surface area contributed by atoms with Gasteiger partial charge in [-0.15, -0.1) is 0 Å². The van der Waals surface area contributed by atoms with Crippen LogP contribution in [-0.4, -0.2) is 0 Å². The second-order valence-electron chi connectivity index (χ2n) is 3.49. The van der Waals surface area contributed by atoms with Gasteiger partial charge in [-0.3, -0.25) is 0 Å². The van der Waals surface area contributed by atoms with Crippen LogP contribution in [0.15, 0.2) is 46.9 Å². The monoisotopic (exact) mass is 403 g/mol. The molecule has 0 radical (unpaired) electrons. The van der Waals surface area contributed by atoms with E-state index < -0.39 is 0 Å². The lowest BCUT2D eigenvalue weighted by atomic mass is 10.2. The molecule has 0 aromatic heterocycles. The van der Waals surface area contributed by atoms with E-state index in [2.05, 4.69) is 38.5 Å². The number of nitrogens with two attached hydrogens (primary N) is 1. The summed E-state index contributed by atoms with van der Waals surface area (Å²) in [5.41, 5.74) is 6.69. The molecule has 4 heteroatoms. The highest BCUT2D eigenvalue weighted by atomic mass is 127. The molecule has 0 bridgehead atoms. The molecule has 0 aliphatic carbocycles. The van der Waals surface area contributed by atoms with Gasteiger partial charge in [0, 0.05) is 16.6 Å². The molecule has 0 aliphatic heterocycles. The molecule has 0 unspecified atom stereocenters. The standard InChI is InChI=1S/C13H11BrINO/c14-10-5-6-12(9(7-10)8-16)17-13-4-2-1-3-11(13)15/h1-7H,8,16H2. The number of rotatable bonds is 3. The first-order valence-corrected chi connectivity index (χ1v) is 6.99. The highest BCUT2D eigenvalue weighted by Gasteiger charge is 2.06. The van der Waals surface area contributed by atoms with Crippen molar-refractivity contribution >= 4 is 38.5 Å². The van der Waals surface area contributed by atoms with Gasteiger partial charge in [0.05, 0.1) is 3.57 Å². The van der Waals surface area contributed by atoms with Crippen LogP contribution in [0.25, 0.3) is 0 Å². The van der Waals surface area contributed by atoms with Crippen molar-refractivity contribution < 1.29 is 4.74 Å². The van der Waals surface area contributed by atoms with Crippen molar-refractivity contribution in [2.45, 2.75) is 6.54 Å². The minimum absolute atomic E-state index is 0.457. The van der Waals surface area contributed by atoms with Crippen LogP contribution in [0.5, 0.6) is 11.5 Å². The van der Waals surface area contributed by atoms with Crippen molar-refractivity contribution in [1.82, 2.24) is 0 Å². The van der Waals surface area contributed by atoms with E-state index in [1.165, 1.54) is 0 Å². The number of halogens is 2. The minimum Gasteiger partial charge on any atom is -0.456 e. The van der Waals surface area contributed by atoms with Crippen molar-refractivity contribution in [2.75, 3.05) is 0 Å². The molecule has 0 amide bonds. The van der Waals surface area contributed by atoms with E-state index >= 15 is 0 Å². The van der Waals surface area contributed by atoms with E-state index in [1.54, 1.807) is 0 Å². The summed E-state index contributed by atoms with van der Waals surface area (Å²) >= 11 is 5.68. The fraction of sp³-hybridized carbons (Fsp3) is 0.0769. The smallest absolute Gasteiger partial charge is 0.140 e. The molecule has 0 saturated carbocycles. The van der Waals surface area contributed by atoms with E-state index in [9.17, 15) is 0 Å². The first kappa shape index (κ1) is 12.9. The molecule has 0 fully saturated rings. The predicted octanol–water partition coefficient (Wildman–Crippen LogP) is 4.30. The highest BCUT2D eigenvalue weighted by Crippen LogP contribution is 2.30. The first-order chi connectivity index (χ1) is 8.20. The van der Waals surface area contributed by atoms with Gasteiger partial charge in [-0.05, 0) is 52.9 Å². The predicted molar refractivity (Wildman–Crippen MR) is 81.3 cm³/mol. The Bertz CT molecular complexity index is 531. The largest absolute Gasteiger partial charge is 0.456 e. The normalized spacial score (nSPS) is 10.3. The maximum absolute atomic E-state index is 5.88. The third-order valence-electron chi connectivity index (χ3n) is 2.30. The van der Waals surface area contributed by atoms with Crippen molar-refractivity contribution in [2.24, 2.45) is 5.73 Å². The molecular formula is C13H11BrINO. The molecule has 0 aliphatic rings. The third kappa shape index (κ3) is 3.20. The van der Waals surface area contributed by atoms with Crippen molar-refractivity contribution in [1.29, 1.82) is 0 Å². The molecule has 0 spiro atoms. The molecule has 2 N–H and O–H groups in total. The van der Waals surface area contributed by atoms with Gasteiger partial charge in [-0.2, -0.15) is 0 Å². The summed E-state index contributed by atoms with van der Waals surface area (Å²) in [7, 11) is 0. The highest BCUT2D eigenvalue weighted by molar-refractivity contribution is 14.1. The van der Waals surface area contributed by atoms with Crippen LogP contribution in [-0.2, 0) is 6.54 Å². The Morgan fingerprint density at radius 3 is 2.59 bits per heavy atom. The third-order valence-corrected chi connectivity index (χ3v) is 3.68. The lowest BCUT2D eigenvalue weighted by Gasteiger charge is -2.11. The van der Waals surface area contributed by atoms with Crippen LogP contribution in [0.1, 0.15) is 5.56 Å². The number of hydrogen-bond acceptors (Lipinski definition) is 2.